The van der Waals surface area contributed by atoms with E-state index in [0.717, 1.165) is 23.5 Å². The summed E-state index contributed by atoms with van der Waals surface area (Å²) in [6.45, 7) is 1.84. The zero-order valence-corrected chi connectivity index (χ0v) is 8.94. The minimum absolute atomic E-state index is 0.461. The van der Waals surface area contributed by atoms with Gasteiger partial charge in [0.05, 0.1) is 19.8 Å². The van der Waals surface area contributed by atoms with Crippen molar-refractivity contribution in [2.24, 2.45) is 4.99 Å². The Labute approximate surface area is 93.9 Å². The van der Waals surface area contributed by atoms with Gasteiger partial charge < -0.3 is 9.47 Å². The van der Waals surface area contributed by atoms with Crippen molar-refractivity contribution < 1.29 is 14.3 Å². The summed E-state index contributed by atoms with van der Waals surface area (Å²) < 4.78 is 11.1. The van der Waals surface area contributed by atoms with Crippen molar-refractivity contribution in [3.63, 3.8) is 0 Å². The van der Waals surface area contributed by atoms with E-state index in [9.17, 15) is 4.79 Å². The van der Waals surface area contributed by atoms with Gasteiger partial charge >= 0.3 is 0 Å². The van der Waals surface area contributed by atoms with Crippen LogP contribution in [-0.4, -0.2) is 25.8 Å². The Kier molecular flexibility index (Phi) is 3.57. The molecule has 1 heterocycles. The largest absolute Gasteiger partial charge is 0.490 e. The number of fused-ring (bicyclic) bond motifs is 1. The molecule has 0 amide bonds. The number of ether oxygens (including phenoxy) is 2. The van der Waals surface area contributed by atoms with Gasteiger partial charge in [0, 0.05) is 6.42 Å². The maximum absolute atomic E-state index is 9.94. The van der Waals surface area contributed by atoms with Gasteiger partial charge in [-0.2, -0.15) is 0 Å². The Morgan fingerprint density at radius 1 is 1.25 bits per heavy atom. The van der Waals surface area contributed by atoms with E-state index in [4.69, 9.17) is 9.47 Å². The summed E-state index contributed by atoms with van der Waals surface area (Å²) in [7, 11) is 0. The molecular formula is C12H13NO3. The minimum atomic E-state index is 0.461. The summed E-state index contributed by atoms with van der Waals surface area (Å²) >= 11 is 0. The third-order valence-corrected chi connectivity index (χ3v) is 2.39. The molecule has 0 bridgehead atoms. The second-order valence-corrected chi connectivity index (χ2v) is 3.55. The second-order valence-electron chi connectivity index (χ2n) is 3.55. The maximum Gasteiger partial charge on any atom is 0.234 e. The molecule has 1 aliphatic rings. The zero-order valence-electron chi connectivity index (χ0n) is 8.94. The van der Waals surface area contributed by atoms with Crippen LogP contribution in [0.1, 0.15) is 12.0 Å². The van der Waals surface area contributed by atoms with E-state index >= 15 is 0 Å². The molecule has 0 saturated carbocycles. The standard InChI is InChI=1S/C12H13NO3/c14-9-13-5-4-10-2-3-11-12(8-10)16-7-1-6-15-11/h2-3,8H,1,4-7H2. The molecular weight excluding hydrogens is 206 g/mol. The molecule has 2 rings (SSSR count). The van der Waals surface area contributed by atoms with Gasteiger partial charge in [-0.05, 0) is 24.1 Å². The minimum Gasteiger partial charge on any atom is -0.490 e. The van der Waals surface area contributed by atoms with E-state index < -0.39 is 0 Å². The number of aliphatic imine (C=N–C) groups is 1. The number of hydrogen-bond acceptors (Lipinski definition) is 4. The molecule has 0 aromatic heterocycles. The van der Waals surface area contributed by atoms with Crippen LogP contribution >= 0.6 is 0 Å². The fraction of sp³-hybridized carbons (Fsp3) is 0.417. The van der Waals surface area contributed by atoms with Gasteiger partial charge in [0.25, 0.3) is 0 Å². The summed E-state index contributed by atoms with van der Waals surface area (Å²) in [5, 5.41) is 0. The molecule has 4 nitrogen and oxygen atoms in total. The molecule has 0 saturated heterocycles. The first-order valence-electron chi connectivity index (χ1n) is 5.32. The maximum atomic E-state index is 9.94. The van der Waals surface area contributed by atoms with E-state index in [0.29, 0.717) is 26.2 Å². The first-order chi connectivity index (χ1) is 7.90. The fourth-order valence-electron chi connectivity index (χ4n) is 1.59. The highest BCUT2D eigenvalue weighted by molar-refractivity contribution is 5.43. The average molecular weight is 219 g/mol. The van der Waals surface area contributed by atoms with Crippen LogP contribution in [0.3, 0.4) is 0 Å². The molecule has 0 N–H and O–H groups in total. The third kappa shape index (κ3) is 2.61. The quantitative estimate of drug-likeness (QED) is 0.574. The van der Waals surface area contributed by atoms with E-state index in [2.05, 4.69) is 4.99 Å². The molecule has 0 fully saturated rings. The molecule has 1 aromatic rings. The Balaban J connectivity index is 2.11. The van der Waals surface area contributed by atoms with Crippen molar-refractivity contribution in [1.82, 2.24) is 0 Å². The zero-order chi connectivity index (χ0) is 11.2. The summed E-state index contributed by atoms with van der Waals surface area (Å²) in [5.41, 5.74) is 1.09. The highest BCUT2D eigenvalue weighted by Gasteiger charge is 2.10. The highest BCUT2D eigenvalue weighted by atomic mass is 16.5. The van der Waals surface area contributed by atoms with Crippen LogP contribution in [0.15, 0.2) is 23.2 Å². The smallest absolute Gasteiger partial charge is 0.234 e. The Bertz CT molecular complexity index is 411. The van der Waals surface area contributed by atoms with E-state index in [1.165, 1.54) is 6.08 Å². The summed E-state index contributed by atoms with van der Waals surface area (Å²) in [6.07, 6.45) is 3.15. The van der Waals surface area contributed by atoms with Crippen LogP contribution in [0.5, 0.6) is 11.5 Å². The van der Waals surface area contributed by atoms with E-state index in [-0.39, 0.29) is 0 Å². The molecule has 84 valence electrons. The lowest BCUT2D eigenvalue weighted by Crippen LogP contribution is -1.97. The molecule has 0 spiro atoms. The fourth-order valence-corrected chi connectivity index (χ4v) is 1.59. The van der Waals surface area contributed by atoms with Gasteiger partial charge in [0.2, 0.25) is 6.08 Å². The number of isocyanates is 1. The van der Waals surface area contributed by atoms with Gasteiger partial charge in [-0.15, -0.1) is 0 Å². The predicted octanol–water partition coefficient (Wildman–Crippen LogP) is 1.73. The van der Waals surface area contributed by atoms with Crippen molar-refractivity contribution in [2.75, 3.05) is 19.8 Å². The Morgan fingerprint density at radius 2 is 2.06 bits per heavy atom. The molecule has 4 heteroatoms. The highest BCUT2D eigenvalue weighted by Crippen LogP contribution is 2.30. The van der Waals surface area contributed by atoms with E-state index in [1.807, 2.05) is 18.2 Å². The predicted molar refractivity (Wildman–Crippen MR) is 58.7 cm³/mol. The topological polar surface area (TPSA) is 47.9 Å². The third-order valence-electron chi connectivity index (χ3n) is 2.39. The van der Waals surface area contributed by atoms with Crippen LogP contribution in [-0.2, 0) is 11.2 Å². The molecule has 0 unspecified atom stereocenters. The first-order valence-corrected chi connectivity index (χ1v) is 5.32. The van der Waals surface area contributed by atoms with Crippen molar-refractivity contribution in [2.45, 2.75) is 12.8 Å². The van der Waals surface area contributed by atoms with Gasteiger partial charge in [-0.1, -0.05) is 6.07 Å². The summed E-state index contributed by atoms with van der Waals surface area (Å²) in [6, 6.07) is 5.81. The van der Waals surface area contributed by atoms with Crippen LogP contribution in [0.2, 0.25) is 0 Å². The van der Waals surface area contributed by atoms with Gasteiger partial charge in [-0.3, -0.25) is 0 Å². The van der Waals surface area contributed by atoms with Gasteiger partial charge in [0.15, 0.2) is 11.5 Å². The Hall–Kier alpha value is -1.80. The summed E-state index contributed by atoms with van der Waals surface area (Å²) in [4.78, 5) is 13.5. The second kappa shape index (κ2) is 5.33. The van der Waals surface area contributed by atoms with Gasteiger partial charge in [0.1, 0.15) is 0 Å². The van der Waals surface area contributed by atoms with Crippen molar-refractivity contribution in [3.05, 3.63) is 23.8 Å². The molecule has 1 aliphatic heterocycles. The summed E-state index contributed by atoms with van der Waals surface area (Å²) in [5.74, 6) is 1.57. The lowest BCUT2D eigenvalue weighted by molar-refractivity contribution is 0.297. The number of benzene rings is 1. The molecule has 1 aromatic carbocycles. The lowest BCUT2D eigenvalue weighted by atomic mass is 10.1. The number of carbonyl (C=O) groups excluding carboxylic acids is 1. The van der Waals surface area contributed by atoms with E-state index in [1.54, 1.807) is 0 Å². The van der Waals surface area contributed by atoms with Crippen LogP contribution in [0, 0.1) is 0 Å². The average Bonchev–Trinajstić information content (AvgIpc) is 2.54. The van der Waals surface area contributed by atoms with Crippen molar-refractivity contribution in [1.29, 1.82) is 0 Å². The molecule has 0 aliphatic carbocycles. The lowest BCUT2D eigenvalue weighted by Gasteiger charge is -2.08. The Morgan fingerprint density at radius 3 is 2.88 bits per heavy atom. The SMILES string of the molecule is O=C=NCCc1ccc2c(c1)OCCCO2. The van der Waals surface area contributed by atoms with Crippen LogP contribution in [0.4, 0.5) is 0 Å². The van der Waals surface area contributed by atoms with Crippen molar-refractivity contribution in [3.8, 4) is 11.5 Å². The number of rotatable bonds is 3. The molecule has 0 radical (unpaired) electrons. The number of nitrogens with zero attached hydrogens (tertiary/aromatic N) is 1. The monoisotopic (exact) mass is 219 g/mol. The molecule has 16 heavy (non-hydrogen) atoms. The number of hydrogen-bond donors (Lipinski definition) is 0. The van der Waals surface area contributed by atoms with Crippen LogP contribution in [0.25, 0.3) is 0 Å². The van der Waals surface area contributed by atoms with Crippen LogP contribution < -0.4 is 9.47 Å². The van der Waals surface area contributed by atoms with Gasteiger partial charge in [-0.25, -0.2) is 9.79 Å². The van der Waals surface area contributed by atoms with Crippen molar-refractivity contribution >= 4 is 6.08 Å². The molecule has 0 atom stereocenters. The first kappa shape index (κ1) is 10.7. The normalized spacial score (nSPS) is 13.8.